The summed E-state index contributed by atoms with van der Waals surface area (Å²) in [4.78, 5) is 1.39. The third-order valence-electron chi connectivity index (χ3n) is 3.15. The van der Waals surface area contributed by atoms with Gasteiger partial charge in [0, 0.05) is 18.5 Å². The van der Waals surface area contributed by atoms with E-state index < -0.39 is 10.0 Å². The van der Waals surface area contributed by atoms with E-state index >= 15 is 0 Å². The van der Waals surface area contributed by atoms with Crippen molar-refractivity contribution in [3.63, 3.8) is 0 Å². The predicted octanol–water partition coefficient (Wildman–Crippen LogP) is 3.19. The molecule has 0 unspecified atom stereocenters. The van der Waals surface area contributed by atoms with Crippen molar-refractivity contribution in [2.24, 2.45) is 0 Å². The normalized spacial score (nSPS) is 12.0. The number of sulfonamides is 1. The van der Waals surface area contributed by atoms with Gasteiger partial charge in [-0.25, -0.2) is 8.42 Å². The Bertz CT molecular complexity index is 661. The lowest BCUT2D eigenvalue weighted by Crippen LogP contribution is -2.26. The number of hydrogen-bond donors (Lipinski definition) is 0. The molecule has 0 atom stereocenters. The standard InChI is InChI=1S/C14H17NO2S2/c1-11-6-7-14(9-12(11)2)19(16,17)15(3)10-13-5-4-8-18-13/h4-9H,10H2,1-3H3. The van der Waals surface area contributed by atoms with Crippen LogP contribution >= 0.6 is 11.3 Å². The highest BCUT2D eigenvalue weighted by Gasteiger charge is 2.21. The van der Waals surface area contributed by atoms with Gasteiger partial charge in [0.05, 0.1) is 4.90 Å². The molecule has 0 saturated heterocycles. The van der Waals surface area contributed by atoms with Gasteiger partial charge in [0.25, 0.3) is 0 Å². The molecule has 102 valence electrons. The summed E-state index contributed by atoms with van der Waals surface area (Å²) in [5.41, 5.74) is 2.09. The molecule has 0 bridgehead atoms. The first-order valence-electron chi connectivity index (χ1n) is 5.97. The van der Waals surface area contributed by atoms with Gasteiger partial charge in [-0.05, 0) is 48.6 Å². The van der Waals surface area contributed by atoms with E-state index in [0.717, 1.165) is 16.0 Å². The quantitative estimate of drug-likeness (QED) is 0.868. The molecule has 5 heteroatoms. The van der Waals surface area contributed by atoms with Gasteiger partial charge in [-0.3, -0.25) is 0 Å². The van der Waals surface area contributed by atoms with E-state index in [0.29, 0.717) is 11.4 Å². The number of aryl methyl sites for hydroxylation is 2. The molecule has 0 amide bonds. The number of rotatable bonds is 4. The summed E-state index contributed by atoms with van der Waals surface area (Å²) in [5.74, 6) is 0. The van der Waals surface area contributed by atoms with Gasteiger partial charge in [-0.15, -0.1) is 11.3 Å². The van der Waals surface area contributed by atoms with Gasteiger partial charge in [0.15, 0.2) is 0 Å². The second kappa shape index (κ2) is 5.45. The maximum absolute atomic E-state index is 12.5. The van der Waals surface area contributed by atoms with E-state index in [4.69, 9.17) is 0 Å². The molecule has 0 radical (unpaired) electrons. The highest BCUT2D eigenvalue weighted by atomic mass is 32.2. The van der Waals surface area contributed by atoms with Crippen molar-refractivity contribution >= 4 is 21.4 Å². The van der Waals surface area contributed by atoms with Crippen LogP contribution in [0.3, 0.4) is 0 Å². The van der Waals surface area contributed by atoms with E-state index in [1.54, 1.807) is 30.5 Å². The Morgan fingerprint density at radius 1 is 1.16 bits per heavy atom. The van der Waals surface area contributed by atoms with Crippen LogP contribution in [0.2, 0.25) is 0 Å². The fourth-order valence-electron chi connectivity index (χ4n) is 1.76. The largest absolute Gasteiger partial charge is 0.243 e. The summed E-state index contributed by atoms with van der Waals surface area (Å²) >= 11 is 1.56. The topological polar surface area (TPSA) is 37.4 Å². The summed E-state index contributed by atoms with van der Waals surface area (Å²) in [5, 5.41) is 1.95. The fourth-order valence-corrected chi connectivity index (χ4v) is 3.83. The van der Waals surface area contributed by atoms with Crippen LogP contribution in [0, 0.1) is 13.8 Å². The lowest BCUT2D eigenvalue weighted by atomic mass is 10.1. The highest BCUT2D eigenvalue weighted by Crippen LogP contribution is 2.21. The van der Waals surface area contributed by atoms with E-state index in [9.17, 15) is 8.42 Å². The number of nitrogens with zero attached hydrogens (tertiary/aromatic N) is 1. The molecule has 1 heterocycles. The van der Waals surface area contributed by atoms with E-state index in [2.05, 4.69) is 0 Å². The smallest absolute Gasteiger partial charge is 0.207 e. The Labute approximate surface area is 118 Å². The predicted molar refractivity (Wildman–Crippen MR) is 78.9 cm³/mol. The van der Waals surface area contributed by atoms with Crippen molar-refractivity contribution in [2.75, 3.05) is 7.05 Å². The summed E-state index contributed by atoms with van der Waals surface area (Å²) < 4.78 is 26.3. The SMILES string of the molecule is Cc1ccc(S(=O)(=O)N(C)Cc2cccs2)cc1C. The van der Waals surface area contributed by atoms with Crippen molar-refractivity contribution in [3.05, 3.63) is 51.7 Å². The number of benzene rings is 1. The van der Waals surface area contributed by atoms with Gasteiger partial charge in [0.2, 0.25) is 10.0 Å². The summed E-state index contributed by atoms with van der Waals surface area (Å²) in [6.45, 7) is 4.31. The summed E-state index contributed by atoms with van der Waals surface area (Å²) in [6.07, 6.45) is 0. The van der Waals surface area contributed by atoms with Gasteiger partial charge < -0.3 is 0 Å². The molecule has 0 fully saturated rings. The monoisotopic (exact) mass is 295 g/mol. The highest BCUT2D eigenvalue weighted by molar-refractivity contribution is 7.89. The zero-order valence-corrected chi connectivity index (χ0v) is 12.9. The average molecular weight is 295 g/mol. The third kappa shape index (κ3) is 3.05. The Morgan fingerprint density at radius 3 is 2.47 bits per heavy atom. The first-order valence-corrected chi connectivity index (χ1v) is 8.29. The molecule has 1 aromatic heterocycles. The Hall–Kier alpha value is -1.17. The molecule has 0 N–H and O–H groups in total. The zero-order valence-electron chi connectivity index (χ0n) is 11.3. The van der Waals surface area contributed by atoms with Crippen molar-refractivity contribution in [1.82, 2.24) is 4.31 Å². The van der Waals surface area contributed by atoms with Crippen molar-refractivity contribution in [1.29, 1.82) is 0 Å². The van der Waals surface area contributed by atoms with E-state index in [1.165, 1.54) is 4.31 Å². The van der Waals surface area contributed by atoms with Crippen LogP contribution < -0.4 is 0 Å². The van der Waals surface area contributed by atoms with Gasteiger partial charge in [-0.2, -0.15) is 4.31 Å². The molecule has 0 aliphatic carbocycles. The second-order valence-electron chi connectivity index (χ2n) is 4.59. The van der Waals surface area contributed by atoms with Crippen LogP contribution in [0.15, 0.2) is 40.6 Å². The molecule has 19 heavy (non-hydrogen) atoms. The molecule has 0 spiro atoms. The molecule has 2 aromatic rings. The minimum atomic E-state index is -3.41. The van der Waals surface area contributed by atoms with E-state index in [-0.39, 0.29) is 0 Å². The maximum Gasteiger partial charge on any atom is 0.243 e. The Kier molecular flexibility index (Phi) is 4.08. The van der Waals surface area contributed by atoms with Crippen LogP contribution in [0.5, 0.6) is 0 Å². The fraction of sp³-hybridized carbons (Fsp3) is 0.286. The van der Waals surface area contributed by atoms with Crippen LogP contribution in [0.25, 0.3) is 0 Å². The minimum Gasteiger partial charge on any atom is -0.207 e. The Morgan fingerprint density at radius 2 is 1.89 bits per heavy atom. The summed E-state index contributed by atoms with van der Waals surface area (Å²) in [7, 11) is -1.80. The van der Waals surface area contributed by atoms with Crippen LogP contribution in [-0.2, 0) is 16.6 Å². The minimum absolute atomic E-state index is 0.356. The molecule has 0 saturated carbocycles. The maximum atomic E-state index is 12.5. The molecule has 1 aromatic carbocycles. The van der Waals surface area contributed by atoms with Crippen LogP contribution in [0.1, 0.15) is 16.0 Å². The first kappa shape index (κ1) is 14.2. The van der Waals surface area contributed by atoms with E-state index in [1.807, 2.05) is 37.4 Å². The lowest BCUT2D eigenvalue weighted by Gasteiger charge is -2.17. The Balaban J connectivity index is 2.28. The first-order chi connectivity index (χ1) is 8.91. The van der Waals surface area contributed by atoms with Crippen LogP contribution in [-0.4, -0.2) is 19.8 Å². The molecule has 0 aliphatic heterocycles. The molecular formula is C14H17NO2S2. The molecular weight excluding hydrogens is 278 g/mol. The van der Waals surface area contributed by atoms with Crippen molar-refractivity contribution < 1.29 is 8.42 Å². The number of hydrogen-bond acceptors (Lipinski definition) is 3. The third-order valence-corrected chi connectivity index (χ3v) is 5.81. The lowest BCUT2D eigenvalue weighted by molar-refractivity contribution is 0.469. The molecule has 2 rings (SSSR count). The average Bonchev–Trinajstić information content (AvgIpc) is 2.85. The van der Waals surface area contributed by atoms with Gasteiger partial charge in [-0.1, -0.05) is 12.1 Å². The summed E-state index contributed by atoms with van der Waals surface area (Å²) in [6, 6.07) is 9.12. The van der Waals surface area contributed by atoms with Gasteiger partial charge in [0.1, 0.15) is 0 Å². The molecule has 0 aliphatic rings. The van der Waals surface area contributed by atoms with Crippen LogP contribution in [0.4, 0.5) is 0 Å². The zero-order chi connectivity index (χ0) is 14.0. The second-order valence-corrected chi connectivity index (χ2v) is 7.66. The molecule has 3 nitrogen and oxygen atoms in total. The number of thiophene rings is 1. The van der Waals surface area contributed by atoms with Crippen molar-refractivity contribution in [2.45, 2.75) is 25.3 Å². The van der Waals surface area contributed by atoms with Gasteiger partial charge >= 0.3 is 0 Å². The van der Waals surface area contributed by atoms with Crippen molar-refractivity contribution in [3.8, 4) is 0 Å².